The van der Waals surface area contributed by atoms with Gasteiger partial charge in [0, 0.05) is 18.0 Å². The van der Waals surface area contributed by atoms with Gasteiger partial charge in [-0.2, -0.15) is 0 Å². The number of hydrogen-bond acceptors (Lipinski definition) is 5. The van der Waals surface area contributed by atoms with Crippen LogP contribution in [0, 0.1) is 6.92 Å². The van der Waals surface area contributed by atoms with Crippen LogP contribution in [0.3, 0.4) is 0 Å². The number of carbonyl (C=O) groups excluding carboxylic acids is 2. The molecule has 0 bridgehead atoms. The fourth-order valence-electron chi connectivity index (χ4n) is 3.31. The zero-order valence-corrected chi connectivity index (χ0v) is 15.4. The summed E-state index contributed by atoms with van der Waals surface area (Å²) >= 11 is 1.49. The van der Waals surface area contributed by atoms with Crippen LogP contribution < -0.4 is 0 Å². The summed E-state index contributed by atoms with van der Waals surface area (Å²) in [5.74, 6) is -0.416. The number of ether oxygens (including phenoxy) is 1. The second-order valence-electron chi connectivity index (χ2n) is 6.48. The lowest BCUT2D eigenvalue weighted by Crippen LogP contribution is -2.40. The Labute approximate surface area is 156 Å². The molecule has 134 valence electrons. The van der Waals surface area contributed by atoms with Crippen LogP contribution in [0.2, 0.25) is 0 Å². The fraction of sp³-hybridized carbons (Fsp3) is 0.300. The van der Waals surface area contributed by atoms with E-state index in [2.05, 4.69) is 0 Å². The monoisotopic (exact) mass is 368 g/mol. The number of carbonyl (C=O) groups is 2. The van der Waals surface area contributed by atoms with Gasteiger partial charge in [-0.3, -0.25) is 14.5 Å². The minimum absolute atomic E-state index is 0.208. The van der Waals surface area contributed by atoms with Gasteiger partial charge in [0.1, 0.15) is 5.70 Å². The molecular weight excluding hydrogens is 348 g/mol. The highest BCUT2D eigenvalue weighted by Gasteiger charge is 2.42. The largest absolute Gasteiger partial charge is 0.378 e. The molecule has 2 aromatic rings. The maximum absolute atomic E-state index is 13.2. The maximum atomic E-state index is 13.2. The molecule has 0 unspecified atom stereocenters. The van der Waals surface area contributed by atoms with E-state index in [9.17, 15) is 9.59 Å². The Bertz CT molecular complexity index is 850. The molecule has 1 saturated heterocycles. The number of hydrogen-bond donors (Lipinski definition) is 0. The van der Waals surface area contributed by atoms with Gasteiger partial charge in [-0.05, 0) is 23.9 Å². The van der Waals surface area contributed by atoms with Crippen molar-refractivity contribution in [3.8, 4) is 0 Å². The molecule has 26 heavy (non-hydrogen) atoms. The smallest absolute Gasteiger partial charge is 0.278 e. The van der Waals surface area contributed by atoms with Gasteiger partial charge >= 0.3 is 0 Å². The van der Waals surface area contributed by atoms with Crippen LogP contribution in [0.4, 0.5) is 0 Å². The summed E-state index contributed by atoms with van der Waals surface area (Å²) in [6, 6.07) is 11.7. The number of morpholine rings is 1. The summed E-state index contributed by atoms with van der Waals surface area (Å²) in [5, 5.41) is 1.93. The SMILES string of the molecule is Cc1ccc(CN2C(=O)C(c3cccs3)=C(N3CCOCC3)C2=O)cc1. The van der Waals surface area contributed by atoms with E-state index in [0.29, 0.717) is 44.1 Å². The fourth-order valence-corrected chi connectivity index (χ4v) is 4.07. The van der Waals surface area contributed by atoms with Crippen LogP contribution in [-0.4, -0.2) is 47.9 Å². The molecular formula is C20H20N2O3S. The summed E-state index contributed by atoms with van der Waals surface area (Å²) in [5.41, 5.74) is 3.15. The van der Waals surface area contributed by atoms with Crippen LogP contribution in [0.1, 0.15) is 16.0 Å². The lowest BCUT2D eigenvalue weighted by atomic mass is 10.1. The van der Waals surface area contributed by atoms with Crippen LogP contribution in [0.15, 0.2) is 47.5 Å². The van der Waals surface area contributed by atoms with E-state index in [4.69, 9.17) is 4.74 Å². The van der Waals surface area contributed by atoms with Crippen LogP contribution >= 0.6 is 11.3 Å². The molecule has 0 radical (unpaired) electrons. The second-order valence-corrected chi connectivity index (χ2v) is 7.43. The standard InChI is InChI=1S/C20H20N2O3S/c1-14-4-6-15(7-5-14)13-22-19(23)17(16-3-2-12-26-16)18(20(22)24)21-8-10-25-11-9-21/h2-7,12H,8-11,13H2,1H3. The molecule has 2 aliphatic heterocycles. The third-order valence-electron chi connectivity index (χ3n) is 4.70. The van der Waals surface area contributed by atoms with Gasteiger partial charge < -0.3 is 9.64 Å². The van der Waals surface area contributed by atoms with Gasteiger partial charge in [-0.1, -0.05) is 35.9 Å². The van der Waals surface area contributed by atoms with E-state index in [1.807, 2.05) is 53.6 Å². The summed E-state index contributed by atoms with van der Waals surface area (Å²) in [6.07, 6.45) is 0. The Morgan fingerprint density at radius 2 is 1.77 bits per heavy atom. The number of rotatable bonds is 4. The van der Waals surface area contributed by atoms with Gasteiger partial charge in [-0.25, -0.2) is 0 Å². The predicted molar refractivity (Wildman–Crippen MR) is 100 cm³/mol. The second kappa shape index (κ2) is 7.05. The van der Waals surface area contributed by atoms with Crippen LogP contribution in [0.5, 0.6) is 0 Å². The predicted octanol–water partition coefficient (Wildman–Crippen LogP) is 2.67. The highest BCUT2D eigenvalue weighted by molar-refractivity contribution is 7.11. The molecule has 5 nitrogen and oxygen atoms in total. The van der Waals surface area contributed by atoms with Crippen molar-refractivity contribution in [2.75, 3.05) is 26.3 Å². The van der Waals surface area contributed by atoms with E-state index in [1.54, 1.807) is 0 Å². The Kier molecular flexibility index (Phi) is 4.61. The molecule has 0 N–H and O–H groups in total. The first-order valence-corrected chi connectivity index (χ1v) is 9.55. The molecule has 0 atom stereocenters. The molecule has 0 aliphatic carbocycles. The summed E-state index contributed by atoms with van der Waals surface area (Å²) in [6.45, 7) is 4.70. The number of imide groups is 1. The lowest BCUT2D eigenvalue weighted by molar-refractivity contribution is -0.138. The van der Waals surface area contributed by atoms with E-state index >= 15 is 0 Å². The first-order chi connectivity index (χ1) is 12.6. The quantitative estimate of drug-likeness (QED) is 0.779. The molecule has 2 aliphatic rings. The van der Waals surface area contributed by atoms with Gasteiger partial charge in [0.2, 0.25) is 0 Å². The summed E-state index contributed by atoms with van der Waals surface area (Å²) < 4.78 is 5.41. The Hall–Kier alpha value is -2.44. The van der Waals surface area contributed by atoms with Crippen LogP contribution in [0.25, 0.3) is 5.57 Å². The van der Waals surface area contributed by atoms with Crippen molar-refractivity contribution in [2.45, 2.75) is 13.5 Å². The third kappa shape index (κ3) is 3.06. The lowest BCUT2D eigenvalue weighted by Gasteiger charge is -2.29. The normalized spacial score (nSPS) is 18.2. The average Bonchev–Trinajstić information content (AvgIpc) is 3.26. The minimum Gasteiger partial charge on any atom is -0.378 e. The Morgan fingerprint density at radius 1 is 1.04 bits per heavy atom. The van der Waals surface area contributed by atoms with Crippen molar-refractivity contribution in [3.05, 3.63) is 63.5 Å². The van der Waals surface area contributed by atoms with Gasteiger partial charge in [-0.15, -0.1) is 11.3 Å². The first kappa shape index (κ1) is 17.0. The Balaban J connectivity index is 1.69. The molecule has 1 aromatic carbocycles. The average molecular weight is 368 g/mol. The van der Waals surface area contributed by atoms with E-state index in [0.717, 1.165) is 16.0 Å². The third-order valence-corrected chi connectivity index (χ3v) is 5.59. The number of nitrogens with zero attached hydrogens (tertiary/aromatic N) is 2. The molecule has 1 fully saturated rings. The molecule has 0 spiro atoms. The molecule has 6 heteroatoms. The van der Waals surface area contributed by atoms with Crippen molar-refractivity contribution < 1.29 is 14.3 Å². The van der Waals surface area contributed by atoms with Gasteiger partial charge in [0.05, 0.1) is 25.3 Å². The highest BCUT2D eigenvalue weighted by atomic mass is 32.1. The number of amides is 2. The van der Waals surface area contributed by atoms with Crippen molar-refractivity contribution >= 4 is 28.7 Å². The molecule has 1 aromatic heterocycles. The molecule has 2 amide bonds. The Morgan fingerprint density at radius 3 is 2.42 bits per heavy atom. The molecule has 4 rings (SSSR count). The maximum Gasteiger partial charge on any atom is 0.278 e. The minimum atomic E-state index is -0.209. The van der Waals surface area contributed by atoms with Crippen molar-refractivity contribution in [1.82, 2.24) is 9.80 Å². The first-order valence-electron chi connectivity index (χ1n) is 8.68. The zero-order valence-electron chi connectivity index (χ0n) is 14.6. The van der Waals surface area contributed by atoms with Crippen LogP contribution in [-0.2, 0) is 20.9 Å². The molecule has 3 heterocycles. The van der Waals surface area contributed by atoms with Crippen molar-refractivity contribution in [1.29, 1.82) is 0 Å². The number of aryl methyl sites for hydroxylation is 1. The number of benzene rings is 1. The van der Waals surface area contributed by atoms with E-state index in [-0.39, 0.29) is 11.8 Å². The summed E-state index contributed by atoms with van der Waals surface area (Å²) in [7, 11) is 0. The van der Waals surface area contributed by atoms with Crippen molar-refractivity contribution in [3.63, 3.8) is 0 Å². The van der Waals surface area contributed by atoms with Gasteiger partial charge in [0.15, 0.2) is 0 Å². The molecule has 0 saturated carbocycles. The summed E-state index contributed by atoms with van der Waals surface area (Å²) in [4.78, 5) is 30.5. The highest BCUT2D eigenvalue weighted by Crippen LogP contribution is 2.35. The van der Waals surface area contributed by atoms with Gasteiger partial charge in [0.25, 0.3) is 11.8 Å². The van der Waals surface area contributed by atoms with E-state index < -0.39 is 0 Å². The number of thiophene rings is 1. The topological polar surface area (TPSA) is 49.9 Å². The van der Waals surface area contributed by atoms with E-state index in [1.165, 1.54) is 16.2 Å². The zero-order chi connectivity index (χ0) is 18.1. The van der Waals surface area contributed by atoms with Crippen molar-refractivity contribution in [2.24, 2.45) is 0 Å².